The number of rotatable bonds is 2. The van der Waals surface area contributed by atoms with Crippen molar-refractivity contribution in [2.75, 3.05) is 7.11 Å². The standard InChI is InChI=1S/C5H5FN2O3S/c1-11-4-2-3-7-8-5(4)12(6,9)10/h2-3H,1H3. The van der Waals surface area contributed by atoms with Crippen LogP contribution in [0.2, 0.25) is 0 Å². The maximum absolute atomic E-state index is 12.4. The van der Waals surface area contributed by atoms with Crippen LogP contribution < -0.4 is 4.74 Å². The second-order valence-corrected chi connectivity index (χ2v) is 3.10. The van der Waals surface area contributed by atoms with Crippen molar-refractivity contribution in [1.82, 2.24) is 10.2 Å². The molecule has 12 heavy (non-hydrogen) atoms. The van der Waals surface area contributed by atoms with Gasteiger partial charge in [-0.3, -0.25) is 0 Å². The summed E-state index contributed by atoms with van der Waals surface area (Å²) in [5.41, 5.74) is 0. The van der Waals surface area contributed by atoms with Crippen molar-refractivity contribution in [3.63, 3.8) is 0 Å². The van der Waals surface area contributed by atoms with Gasteiger partial charge in [-0.2, -0.15) is 13.5 Å². The number of methoxy groups -OCH3 is 1. The summed E-state index contributed by atoms with van der Waals surface area (Å²) in [6.45, 7) is 0. The van der Waals surface area contributed by atoms with Gasteiger partial charge in [0.25, 0.3) is 5.03 Å². The SMILES string of the molecule is COc1ccnnc1S(=O)(=O)F. The second-order valence-electron chi connectivity index (χ2n) is 1.84. The quantitative estimate of drug-likeness (QED) is 0.623. The Kier molecular flexibility index (Phi) is 2.22. The average Bonchev–Trinajstić information content (AvgIpc) is 2.03. The number of hydrogen-bond donors (Lipinski definition) is 0. The highest BCUT2D eigenvalue weighted by Crippen LogP contribution is 2.20. The molecule has 0 saturated heterocycles. The van der Waals surface area contributed by atoms with Crippen molar-refractivity contribution in [1.29, 1.82) is 0 Å². The minimum atomic E-state index is -4.84. The maximum Gasteiger partial charge on any atom is 0.355 e. The Bertz CT molecular complexity index is 378. The van der Waals surface area contributed by atoms with Gasteiger partial charge in [0.2, 0.25) is 0 Å². The summed E-state index contributed by atoms with van der Waals surface area (Å²) in [6.07, 6.45) is 1.20. The van der Waals surface area contributed by atoms with Gasteiger partial charge < -0.3 is 4.74 Å². The highest BCUT2D eigenvalue weighted by atomic mass is 32.3. The first kappa shape index (κ1) is 8.85. The average molecular weight is 192 g/mol. The minimum absolute atomic E-state index is 0.160. The van der Waals surface area contributed by atoms with Crippen LogP contribution in [-0.4, -0.2) is 25.7 Å². The van der Waals surface area contributed by atoms with Gasteiger partial charge >= 0.3 is 10.2 Å². The van der Waals surface area contributed by atoms with Crippen LogP contribution in [-0.2, 0) is 10.2 Å². The molecule has 66 valence electrons. The van der Waals surface area contributed by atoms with Gasteiger partial charge in [0, 0.05) is 6.07 Å². The van der Waals surface area contributed by atoms with E-state index in [1.165, 1.54) is 19.4 Å². The zero-order valence-electron chi connectivity index (χ0n) is 6.06. The smallest absolute Gasteiger partial charge is 0.355 e. The lowest BCUT2D eigenvalue weighted by Gasteiger charge is -2.00. The molecule has 0 bridgehead atoms. The Morgan fingerprint density at radius 1 is 1.58 bits per heavy atom. The molecule has 7 heteroatoms. The zero-order chi connectivity index (χ0) is 9.19. The van der Waals surface area contributed by atoms with Crippen LogP contribution in [0.15, 0.2) is 17.3 Å². The molecule has 0 spiro atoms. The van der Waals surface area contributed by atoms with Crippen LogP contribution in [0.1, 0.15) is 0 Å². The first-order chi connectivity index (χ1) is 5.55. The predicted octanol–water partition coefficient (Wildman–Crippen LogP) is 0.143. The number of aromatic nitrogens is 2. The van der Waals surface area contributed by atoms with Gasteiger partial charge in [-0.05, 0) is 0 Å². The summed E-state index contributed by atoms with van der Waals surface area (Å²) in [4.78, 5) is 0. The van der Waals surface area contributed by atoms with E-state index in [0.29, 0.717) is 0 Å². The molecule has 1 heterocycles. The Hall–Kier alpha value is -1.24. The van der Waals surface area contributed by atoms with Gasteiger partial charge in [0.1, 0.15) is 0 Å². The molecule has 0 saturated carbocycles. The van der Waals surface area contributed by atoms with Crippen molar-refractivity contribution in [3.8, 4) is 5.75 Å². The van der Waals surface area contributed by atoms with Crippen molar-refractivity contribution < 1.29 is 17.0 Å². The summed E-state index contributed by atoms with van der Waals surface area (Å²) in [6, 6.07) is 1.21. The normalized spacial score (nSPS) is 11.2. The summed E-state index contributed by atoms with van der Waals surface area (Å²) >= 11 is 0. The predicted molar refractivity (Wildman–Crippen MR) is 36.9 cm³/mol. The largest absolute Gasteiger partial charge is 0.493 e. The monoisotopic (exact) mass is 192 g/mol. The van der Waals surface area contributed by atoms with Gasteiger partial charge in [-0.1, -0.05) is 3.89 Å². The van der Waals surface area contributed by atoms with Crippen LogP contribution in [0.4, 0.5) is 3.89 Å². The summed E-state index contributed by atoms with van der Waals surface area (Å²) in [7, 11) is -3.63. The number of hydrogen-bond acceptors (Lipinski definition) is 5. The molecule has 1 aromatic heterocycles. The van der Waals surface area contributed by atoms with E-state index in [-0.39, 0.29) is 5.75 Å². The second kappa shape index (κ2) is 3.02. The van der Waals surface area contributed by atoms with E-state index in [0.717, 1.165) is 0 Å². The van der Waals surface area contributed by atoms with E-state index < -0.39 is 15.2 Å². The third-order valence-electron chi connectivity index (χ3n) is 1.10. The van der Waals surface area contributed by atoms with E-state index in [2.05, 4.69) is 14.9 Å². The number of ether oxygens (including phenoxy) is 1. The molecule has 5 nitrogen and oxygen atoms in total. The van der Waals surface area contributed by atoms with E-state index in [1.54, 1.807) is 0 Å². The van der Waals surface area contributed by atoms with Crippen molar-refractivity contribution >= 4 is 10.2 Å². The summed E-state index contributed by atoms with van der Waals surface area (Å²) in [5, 5.41) is 5.49. The Labute approximate surface area is 68.4 Å². The van der Waals surface area contributed by atoms with E-state index >= 15 is 0 Å². The van der Waals surface area contributed by atoms with Crippen molar-refractivity contribution in [2.24, 2.45) is 0 Å². The molecular formula is C5H5FN2O3S. The number of nitrogens with zero attached hydrogens (tertiary/aromatic N) is 2. The van der Waals surface area contributed by atoms with Crippen LogP contribution in [0.5, 0.6) is 5.75 Å². The summed E-state index contributed by atoms with van der Waals surface area (Å²) in [5.74, 6) is -0.160. The van der Waals surface area contributed by atoms with Crippen LogP contribution in [0, 0.1) is 0 Å². The van der Waals surface area contributed by atoms with E-state index in [4.69, 9.17) is 0 Å². The maximum atomic E-state index is 12.4. The van der Waals surface area contributed by atoms with Crippen molar-refractivity contribution in [2.45, 2.75) is 5.03 Å². The minimum Gasteiger partial charge on any atom is -0.493 e. The van der Waals surface area contributed by atoms with Gasteiger partial charge in [-0.15, -0.1) is 5.10 Å². The first-order valence-electron chi connectivity index (χ1n) is 2.86. The molecule has 0 aliphatic carbocycles. The molecule has 0 fully saturated rings. The molecule has 0 radical (unpaired) electrons. The van der Waals surface area contributed by atoms with Crippen LogP contribution in [0.25, 0.3) is 0 Å². The highest BCUT2D eigenvalue weighted by molar-refractivity contribution is 7.86. The molecule has 0 atom stereocenters. The molecule has 0 aliphatic rings. The van der Waals surface area contributed by atoms with E-state index in [1.807, 2.05) is 0 Å². The number of halogens is 1. The highest BCUT2D eigenvalue weighted by Gasteiger charge is 2.20. The molecule has 0 amide bonds. The van der Waals surface area contributed by atoms with E-state index in [9.17, 15) is 12.3 Å². The van der Waals surface area contributed by atoms with Gasteiger partial charge in [0.15, 0.2) is 5.75 Å². The molecule has 0 aromatic carbocycles. The zero-order valence-corrected chi connectivity index (χ0v) is 6.88. The Morgan fingerprint density at radius 2 is 2.25 bits per heavy atom. The van der Waals surface area contributed by atoms with Crippen molar-refractivity contribution in [3.05, 3.63) is 12.3 Å². The lowest BCUT2D eigenvalue weighted by Crippen LogP contribution is -2.01. The molecule has 0 aliphatic heterocycles. The molecular weight excluding hydrogens is 187 g/mol. The fourth-order valence-electron chi connectivity index (χ4n) is 0.632. The lowest BCUT2D eigenvalue weighted by molar-refractivity contribution is 0.393. The Balaban J connectivity index is 3.33. The van der Waals surface area contributed by atoms with Gasteiger partial charge in [0.05, 0.1) is 13.3 Å². The fraction of sp³-hybridized carbons (Fsp3) is 0.200. The third-order valence-corrected chi connectivity index (χ3v) is 1.85. The lowest BCUT2D eigenvalue weighted by atomic mass is 10.5. The van der Waals surface area contributed by atoms with Crippen LogP contribution in [0.3, 0.4) is 0 Å². The fourth-order valence-corrected chi connectivity index (χ4v) is 1.17. The third kappa shape index (κ3) is 1.67. The first-order valence-corrected chi connectivity index (χ1v) is 4.24. The van der Waals surface area contributed by atoms with Crippen LogP contribution >= 0.6 is 0 Å². The summed E-state index contributed by atoms with van der Waals surface area (Å²) < 4.78 is 37.6. The molecule has 1 aromatic rings. The molecule has 0 N–H and O–H groups in total. The molecule has 0 unspecified atom stereocenters. The topological polar surface area (TPSA) is 69.2 Å². The Morgan fingerprint density at radius 3 is 2.67 bits per heavy atom. The van der Waals surface area contributed by atoms with Gasteiger partial charge in [-0.25, -0.2) is 0 Å². The molecule has 1 rings (SSSR count).